The summed E-state index contributed by atoms with van der Waals surface area (Å²) in [5.41, 5.74) is 2.23. The molecule has 9 heteroatoms. The average molecular weight is 496 g/mol. The lowest BCUT2D eigenvalue weighted by Crippen LogP contribution is -2.37. The topological polar surface area (TPSA) is 91.6 Å². The smallest absolute Gasteiger partial charge is 0.416 e. The van der Waals surface area contributed by atoms with E-state index in [4.69, 9.17) is 9.52 Å². The molecule has 6 nitrogen and oxygen atoms in total. The predicted octanol–water partition coefficient (Wildman–Crippen LogP) is 4.55. The van der Waals surface area contributed by atoms with Crippen LogP contribution in [-0.2, 0) is 17.4 Å². The standard InChI is InChI=1S/C27H23F3N2O4/c28-27(29,30)20-7-1-4-17(12-20)13-21-15-23-22(8-3-9-24(23)36-21)18-5-2-6-19(14-18)26(35)32-16-25(34)31-10-11-33/h1-9,12,14-15,33H,10-11,13,16H2,(H,31,34)(H,32,35). The Balaban J connectivity index is 1.56. The molecule has 0 aliphatic carbocycles. The van der Waals surface area contributed by atoms with Gasteiger partial charge in [0.1, 0.15) is 11.3 Å². The summed E-state index contributed by atoms with van der Waals surface area (Å²) in [5.74, 6) is -0.329. The first kappa shape index (κ1) is 25.0. The first-order chi connectivity index (χ1) is 17.2. The van der Waals surface area contributed by atoms with E-state index in [9.17, 15) is 22.8 Å². The Kier molecular flexibility index (Phi) is 7.40. The summed E-state index contributed by atoms with van der Waals surface area (Å²) in [6.45, 7) is -0.309. The predicted molar refractivity (Wildman–Crippen MR) is 128 cm³/mol. The molecule has 2 amide bonds. The van der Waals surface area contributed by atoms with Gasteiger partial charge in [-0.1, -0.05) is 42.5 Å². The number of hydrogen-bond donors (Lipinski definition) is 3. The Labute approximate surface area is 204 Å². The molecule has 0 bridgehead atoms. The van der Waals surface area contributed by atoms with E-state index in [1.807, 2.05) is 12.1 Å². The lowest BCUT2D eigenvalue weighted by molar-refractivity contribution is -0.137. The zero-order valence-corrected chi connectivity index (χ0v) is 19.1. The number of hydrogen-bond acceptors (Lipinski definition) is 4. The molecule has 1 heterocycles. The number of aliphatic hydroxyl groups is 1. The summed E-state index contributed by atoms with van der Waals surface area (Å²) in [4.78, 5) is 24.2. The van der Waals surface area contributed by atoms with Crippen LogP contribution >= 0.6 is 0 Å². The molecule has 36 heavy (non-hydrogen) atoms. The van der Waals surface area contributed by atoms with Crippen molar-refractivity contribution < 1.29 is 32.3 Å². The fourth-order valence-electron chi connectivity index (χ4n) is 3.86. The number of benzene rings is 3. The van der Waals surface area contributed by atoms with E-state index >= 15 is 0 Å². The van der Waals surface area contributed by atoms with Gasteiger partial charge in [0.05, 0.1) is 18.7 Å². The lowest BCUT2D eigenvalue weighted by atomic mass is 9.99. The number of amides is 2. The molecule has 4 aromatic rings. The van der Waals surface area contributed by atoms with Crippen molar-refractivity contribution in [3.63, 3.8) is 0 Å². The number of furan rings is 1. The van der Waals surface area contributed by atoms with Crippen molar-refractivity contribution in [3.05, 3.63) is 95.2 Å². The number of carbonyl (C=O) groups is 2. The summed E-state index contributed by atoms with van der Waals surface area (Å²) in [5, 5.41) is 14.5. The average Bonchev–Trinajstić information content (AvgIpc) is 3.28. The van der Waals surface area contributed by atoms with Crippen molar-refractivity contribution in [2.75, 3.05) is 19.7 Å². The monoisotopic (exact) mass is 496 g/mol. The van der Waals surface area contributed by atoms with E-state index in [-0.39, 0.29) is 26.1 Å². The first-order valence-electron chi connectivity index (χ1n) is 11.2. The molecule has 0 unspecified atom stereocenters. The zero-order chi connectivity index (χ0) is 25.7. The van der Waals surface area contributed by atoms with E-state index in [1.54, 1.807) is 42.5 Å². The Morgan fingerprint density at radius 3 is 2.47 bits per heavy atom. The number of nitrogens with one attached hydrogen (secondary N) is 2. The number of alkyl halides is 3. The van der Waals surface area contributed by atoms with Crippen LogP contribution < -0.4 is 10.6 Å². The highest BCUT2D eigenvalue weighted by molar-refractivity contribution is 5.99. The Hall–Kier alpha value is -4.11. The number of halogens is 3. The maximum Gasteiger partial charge on any atom is 0.416 e. The zero-order valence-electron chi connectivity index (χ0n) is 19.1. The number of carbonyl (C=O) groups excluding carboxylic acids is 2. The lowest BCUT2D eigenvalue weighted by Gasteiger charge is -2.08. The van der Waals surface area contributed by atoms with Crippen molar-refractivity contribution in [3.8, 4) is 11.1 Å². The maximum absolute atomic E-state index is 13.1. The molecule has 0 aliphatic heterocycles. The number of aliphatic hydroxyl groups excluding tert-OH is 1. The minimum atomic E-state index is -4.42. The van der Waals surface area contributed by atoms with Crippen molar-refractivity contribution in [2.45, 2.75) is 12.6 Å². The van der Waals surface area contributed by atoms with Gasteiger partial charge in [-0.3, -0.25) is 9.59 Å². The first-order valence-corrected chi connectivity index (χ1v) is 11.2. The van der Waals surface area contributed by atoms with E-state index < -0.39 is 23.6 Å². The van der Waals surface area contributed by atoms with Crippen LogP contribution in [0, 0.1) is 0 Å². The molecule has 0 atom stereocenters. The molecule has 0 fully saturated rings. The van der Waals surface area contributed by atoms with Gasteiger partial charge in [0, 0.05) is 23.9 Å². The highest BCUT2D eigenvalue weighted by atomic mass is 19.4. The highest BCUT2D eigenvalue weighted by Gasteiger charge is 2.30. The summed E-state index contributed by atoms with van der Waals surface area (Å²) >= 11 is 0. The molecule has 0 radical (unpaired) electrons. The van der Waals surface area contributed by atoms with Gasteiger partial charge in [-0.05, 0) is 47.0 Å². The quantitative estimate of drug-likeness (QED) is 0.334. The SMILES string of the molecule is O=C(CNC(=O)c1cccc(-c2cccc3oc(Cc4cccc(C(F)(F)F)c4)cc23)c1)NCCO. The van der Waals surface area contributed by atoms with Crippen molar-refractivity contribution in [1.82, 2.24) is 10.6 Å². The second-order valence-electron chi connectivity index (χ2n) is 8.14. The van der Waals surface area contributed by atoms with Crippen LogP contribution in [0.15, 0.2) is 77.2 Å². The van der Waals surface area contributed by atoms with Gasteiger partial charge in [-0.2, -0.15) is 13.2 Å². The number of rotatable bonds is 8. The van der Waals surface area contributed by atoms with Gasteiger partial charge in [0.2, 0.25) is 5.91 Å². The van der Waals surface area contributed by atoms with E-state index in [2.05, 4.69) is 10.6 Å². The third-order valence-corrected chi connectivity index (χ3v) is 5.52. The Morgan fingerprint density at radius 1 is 0.917 bits per heavy atom. The second kappa shape index (κ2) is 10.7. The molecular formula is C27H23F3N2O4. The van der Waals surface area contributed by atoms with Gasteiger partial charge in [-0.15, -0.1) is 0 Å². The molecule has 0 saturated heterocycles. The fraction of sp³-hybridized carbons (Fsp3) is 0.185. The summed E-state index contributed by atoms with van der Waals surface area (Å²) in [6, 6.07) is 19.2. The van der Waals surface area contributed by atoms with Crippen LogP contribution in [0.25, 0.3) is 22.1 Å². The maximum atomic E-state index is 13.1. The molecule has 4 rings (SSSR count). The van der Waals surface area contributed by atoms with Crippen molar-refractivity contribution >= 4 is 22.8 Å². The van der Waals surface area contributed by atoms with Crippen LogP contribution in [-0.4, -0.2) is 36.6 Å². The molecule has 1 aromatic heterocycles. The molecule has 0 saturated carbocycles. The van der Waals surface area contributed by atoms with Gasteiger partial charge in [0.25, 0.3) is 5.91 Å². The van der Waals surface area contributed by atoms with Crippen LogP contribution in [0.5, 0.6) is 0 Å². The van der Waals surface area contributed by atoms with E-state index in [1.165, 1.54) is 6.07 Å². The summed E-state index contributed by atoms with van der Waals surface area (Å²) < 4.78 is 45.1. The van der Waals surface area contributed by atoms with Crippen LogP contribution in [0.3, 0.4) is 0 Å². The summed E-state index contributed by atoms with van der Waals surface area (Å²) in [7, 11) is 0. The molecular weight excluding hydrogens is 473 g/mol. The van der Waals surface area contributed by atoms with Gasteiger partial charge in [-0.25, -0.2) is 0 Å². The minimum Gasteiger partial charge on any atom is -0.461 e. The third-order valence-electron chi connectivity index (χ3n) is 5.52. The van der Waals surface area contributed by atoms with Gasteiger partial charge < -0.3 is 20.2 Å². The molecule has 0 aliphatic rings. The molecule has 0 spiro atoms. The van der Waals surface area contributed by atoms with E-state index in [0.29, 0.717) is 22.5 Å². The van der Waals surface area contributed by atoms with Gasteiger partial charge >= 0.3 is 6.18 Å². The molecule has 186 valence electrons. The Morgan fingerprint density at radius 2 is 1.69 bits per heavy atom. The van der Waals surface area contributed by atoms with Crippen molar-refractivity contribution in [2.24, 2.45) is 0 Å². The fourth-order valence-corrected chi connectivity index (χ4v) is 3.86. The van der Waals surface area contributed by atoms with E-state index in [0.717, 1.165) is 28.6 Å². The van der Waals surface area contributed by atoms with Gasteiger partial charge in [0.15, 0.2) is 0 Å². The molecule has 3 N–H and O–H groups in total. The van der Waals surface area contributed by atoms with Crippen LogP contribution in [0.4, 0.5) is 13.2 Å². The highest BCUT2D eigenvalue weighted by Crippen LogP contribution is 2.33. The van der Waals surface area contributed by atoms with Crippen LogP contribution in [0.2, 0.25) is 0 Å². The Bertz CT molecular complexity index is 1400. The second-order valence-corrected chi connectivity index (χ2v) is 8.14. The van der Waals surface area contributed by atoms with Crippen LogP contribution in [0.1, 0.15) is 27.2 Å². The number of fused-ring (bicyclic) bond motifs is 1. The molecule has 3 aromatic carbocycles. The minimum absolute atomic E-state index is 0.106. The summed E-state index contributed by atoms with van der Waals surface area (Å²) in [6.07, 6.45) is -4.23. The third kappa shape index (κ3) is 5.92. The largest absolute Gasteiger partial charge is 0.461 e. The normalized spacial score (nSPS) is 11.4. The van der Waals surface area contributed by atoms with Crippen molar-refractivity contribution in [1.29, 1.82) is 0 Å².